The fourth-order valence-electron chi connectivity index (χ4n) is 2.52. The number of methoxy groups -OCH3 is 1. The van der Waals surface area contributed by atoms with Crippen LogP contribution in [-0.4, -0.2) is 34.8 Å². The zero-order valence-electron chi connectivity index (χ0n) is 14.9. The molecule has 0 aliphatic carbocycles. The van der Waals surface area contributed by atoms with Crippen molar-refractivity contribution < 1.29 is 9.53 Å². The Morgan fingerprint density at radius 3 is 2.83 bits per heavy atom. The van der Waals surface area contributed by atoms with Gasteiger partial charge in [0.25, 0.3) is 0 Å². The van der Waals surface area contributed by atoms with Crippen molar-refractivity contribution in [3.63, 3.8) is 0 Å². The van der Waals surface area contributed by atoms with E-state index < -0.39 is 0 Å². The second kappa shape index (κ2) is 8.97. The number of thioether (sulfide) groups is 1. The Morgan fingerprint density at radius 1 is 1.33 bits per heavy atom. The Kier molecular flexibility index (Phi) is 6.97. The number of nitrogens with one attached hydrogen (secondary N) is 2. The number of carbonyl (C=O) groups excluding carboxylic acids is 1. The third-order valence-electron chi connectivity index (χ3n) is 3.83. The predicted molar refractivity (Wildman–Crippen MR) is 99.7 cm³/mol. The average molecular weight is 350 g/mol. The smallest absolute Gasteiger partial charge is 0.230 e. The van der Waals surface area contributed by atoms with Gasteiger partial charge in [-0.2, -0.15) is 0 Å². The molecule has 0 spiro atoms. The maximum atomic E-state index is 12.0. The molecule has 0 bridgehead atoms. The maximum Gasteiger partial charge on any atom is 0.230 e. The van der Waals surface area contributed by atoms with Gasteiger partial charge in [0, 0.05) is 12.1 Å². The fraction of sp³-hybridized carbons (Fsp3) is 0.556. The number of ether oxygens (including phenoxy) is 1. The molecule has 132 valence electrons. The van der Waals surface area contributed by atoms with E-state index in [4.69, 9.17) is 4.74 Å². The van der Waals surface area contributed by atoms with Gasteiger partial charge in [-0.1, -0.05) is 38.5 Å². The van der Waals surface area contributed by atoms with Gasteiger partial charge >= 0.3 is 0 Å². The summed E-state index contributed by atoms with van der Waals surface area (Å²) >= 11 is 1.42. The lowest BCUT2D eigenvalue weighted by Crippen LogP contribution is -2.33. The molecule has 1 unspecified atom stereocenters. The van der Waals surface area contributed by atoms with Gasteiger partial charge in [-0.15, -0.1) is 0 Å². The Labute approximate surface area is 148 Å². The number of rotatable bonds is 9. The van der Waals surface area contributed by atoms with Gasteiger partial charge < -0.3 is 15.0 Å². The molecule has 0 aliphatic heterocycles. The second-order valence-electron chi connectivity index (χ2n) is 6.51. The first-order valence-corrected chi connectivity index (χ1v) is 9.42. The number of carbonyl (C=O) groups is 1. The topological polar surface area (TPSA) is 67.0 Å². The summed E-state index contributed by atoms with van der Waals surface area (Å²) in [5, 5.41) is 3.81. The summed E-state index contributed by atoms with van der Waals surface area (Å²) in [5.41, 5.74) is 1.79. The van der Waals surface area contributed by atoms with Crippen LogP contribution in [0, 0.1) is 5.92 Å². The standard InChI is InChI=1S/C18H27N3O2S/c1-12(2)6-5-7-13(3)19-17(22)11-24-18-20-15-9-8-14(23-4)10-16(15)21-18/h8-10,12-13H,5-7,11H2,1-4H3,(H,19,22)(H,20,21). The zero-order valence-corrected chi connectivity index (χ0v) is 15.7. The molecule has 0 aliphatic rings. The maximum absolute atomic E-state index is 12.0. The molecule has 1 aromatic carbocycles. The Hall–Kier alpha value is -1.69. The van der Waals surface area contributed by atoms with Crippen LogP contribution < -0.4 is 10.1 Å². The lowest BCUT2D eigenvalue weighted by molar-refractivity contribution is -0.119. The Balaban J connectivity index is 1.79. The molecule has 24 heavy (non-hydrogen) atoms. The predicted octanol–water partition coefficient (Wildman–Crippen LogP) is 3.99. The van der Waals surface area contributed by atoms with Gasteiger partial charge in [0.05, 0.1) is 23.9 Å². The van der Waals surface area contributed by atoms with Crippen molar-refractivity contribution in [2.24, 2.45) is 5.92 Å². The minimum absolute atomic E-state index is 0.0510. The quantitative estimate of drug-likeness (QED) is 0.672. The lowest BCUT2D eigenvalue weighted by atomic mass is 10.0. The van der Waals surface area contributed by atoms with Crippen LogP contribution in [-0.2, 0) is 4.79 Å². The lowest BCUT2D eigenvalue weighted by Gasteiger charge is -2.14. The summed E-state index contributed by atoms with van der Waals surface area (Å²) in [6.45, 7) is 6.52. The summed E-state index contributed by atoms with van der Waals surface area (Å²) in [4.78, 5) is 19.7. The van der Waals surface area contributed by atoms with Crippen molar-refractivity contribution in [3.05, 3.63) is 18.2 Å². The number of hydrogen-bond acceptors (Lipinski definition) is 4. The number of H-pyrrole nitrogens is 1. The highest BCUT2D eigenvalue weighted by atomic mass is 32.2. The summed E-state index contributed by atoms with van der Waals surface area (Å²) in [5.74, 6) is 1.92. The first-order chi connectivity index (χ1) is 11.5. The molecule has 6 heteroatoms. The number of aromatic amines is 1. The summed E-state index contributed by atoms with van der Waals surface area (Å²) in [6, 6.07) is 5.91. The van der Waals surface area contributed by atoms with Crippen LogP contribution in [0.3, 0.4) is 0 Å². The van der Waals surface area contributed by atoms with Crippen molar-refractivity contribution in [1.29, 1.82) is 0 Å². The van der Waals surface area contributed by atoms with E-state index >= 15 is 0 Å². The molecule has 0 fully saturated rings. The Bertz CT molecular complexity index is 669. The van der Waals surface area contributed by atoms with Crippen LogP contribution in [0.4, 0.5) is 0 Å². The highest BCUT2D eigenvalue weighted by Gasteiger charge is 2.10. The van der Waals surface area contributed by atoms with Crippen LogP contribution >= 0.6 is 11.8 Å². The number of hydrogen-bond donors (Lipinski definition) is 2. The van der Waals surface area contributed by atoms with Crippen molar-refractivity contribution in [2.45, 2.75) is 51.2 Å². The van der Waals surface area contributed by atoms with Gasteiger partial charge in [0.15, 0.2) is 5.16 Å². The minimum atomic E-state index is 0.0510. The van der Waals surface area contributed by atoms with E-state index in [1.165, 1.54) is 18.2 Å². The third-order valence-corrected chi connectivity index (χ3v) is 4.71. The van der Waals surface area contributed by atoms with Gasteiger partial charge in [-0.05, 0) is 31.4 Å². The Morgan fingerprint density at radius 2 is 2.12 bits per heavy atom. The monoisotopic (exact) mass is 349 g/mol. The molecule has 2 rings (SSSR count). The molecular formula is C18H27N3O2S. The van der Waals surface area contributed by atoms with Crippen molar-refractivity contribution in [2.75, 3.05) is 12.9 Å². The molecule has 0 saturated carbocycles. The van der Waals surface area contributed by atoms with E-state index in [0.29, 0.717) is 5.75 Å². The van der Waals surface area contributed by atoms with E-state index in [1.807, 2.05) is 18.2 Å². The van der Waals surface area contributed by atoms with E-state index in [-0.39, 0.29) is 11.9 Å². The number of benzene rings is 1. The SMILES string of the molecule is COc1ccc2nc(SCC(=O)NC(C)CCCC(C)C)[nH]c2c1. The molecule has 5 nitrogen and oxygen atoms in total. The largest absolute Gasteiger partial charge is 0.497 e. The first-order valence-electron chi connectivity index (χ1n) is 8.44. The molecule has 1 atom stereocenters. The van der Waals surface area contributed by atoms with E-state index in [1.54, 1.807) is 7.11 Å². The molecule has 1 aromatic heterocycles. The molecular weight excluding hydrogens is 322 g/mol. The van der Waals surface area contributed by atoms with Gasteiger partial charge in [-0.25, -0.2) is 4.98 Å². The van der Waals surface area contributed by atoms with E-state index in [0.717, 1.165) is 40.7 Å². The van der Waals surface area contributed by atoms with Crippen LogP contribution in [0.25, 0.3) is 11.0 Å². The van der Waals surface area contributed by atoms with Crippen molar-refractivity contribution in [3.8, 4) is 5.75 Å². The molecule has 0 radical (unpaired) electrons. The normalized spacial score (nSPS) is 12.5. The van der Waals surface area contributed by atoms with Crippen LogP contribution in [0.2, 0.25) is 0 Å². The number of aromatic nitrogens is 2. The zero-order chi connectivity index (χ0) is 17.5. The van der Waals surface area contributed by atoms with Crippen LogP contribution in [0.5, 0.6) is 5.75 Å². The first kappa shape index (κ1) is 18.6. The molecule has 2 N–H and O–H groups in total. The van der Waals surface area contributed by atoms with Crippen LogP contribution in [0.1, 0.15) is 40.0 Å². The van der Waals surface area contributed by atoms with E-state index in [9.17, 15) is 4.79 Å². The second-order valence-corrected chi connectivity index (χ2v) is 7.47. The number of imidazole rings is 1. The average Bonchev–Trinajstić information content (AvgIpc) is 2.94. The van der Waals surface area contributed by atoms with Gasteiger partial charge in [0.1, 0.15) is 5.75 Å². The fourth-order valence-corrected chi connectivity index (χ4v) is 3.21. The number of nitrogens with zero attached hydrogens (tertiary/aromatic N) is 1. The highest BCUT2D eigenvalue weighted by Crippen LogP contribution is 2.23. The minimum Gasteiger partial charge on any atom is -0.497 e. The molecule has 2 aromatic rings. The van der Waals surface area contributed by atoms with Crippen molar-refractivity contribution >= 4 is 28.7 Å². The molecule has 1 amide bonds. The van der Waals surface area contributed by atoms with Crippen molar-refractivity contribution in [1.82, 2.24) is 15.3 Å². The summed E-state index contributed by atoms with van der Waals surface area (Å²) in [7, 11) is 1.64. The summed E-state index contributed by atoms with van der Waals surface area (Å²) in [6.07, 6.45) is 3.38. The number of fused-ring (bicyclic) bond motifs is 1. The highest BCUT2D eigenvalue weighted by molar-refractivity contribution is 7.99. The number of amides is 1. The third kappa shape index (κ3) is 5.74. The molecule has 1 heterocycles. The van der Waals surface area contributed by atoms with Gasteiger partial charge in [0.2, 0.25) is 5.91 Å². The van der Waals surface area contributed by atoms with E-state index in [2.05, 4.69) is 36.1 Å². The molecule has 0 saturated heterocycles. The van der Waals surface area contributed by atoms with Crippen LogP contribution in [0.15, 0.2) is 23.4 Å². The summed E-state index contributed by atoms with van der Waals surface area (Å²) < 4.78 is 5.20. The van der Waals surface area contributed by atoms with Gasteiger partial charge in [-0.3, -0.25) is 4.79 Å².